The van der Waals surface area contributed by atoms with Crippen LogP contribution in [0.5, 0.6) is 0 Å². The van der Waals surface area contributed by atoms with Crippen molar-refractivity contribution in [1.29, 1.82) is 0 Å². The maximum atomic E-state index is 13.3. The van der Waals surface area contributed by atoms with Crippen molar-refractivity contribution in [3.8, 4) is 0 Å². The van der Waals surface area contributed by atoms with Gasteiger partial charge in [0.05, 0.1) is 10.9 Å². The van der Waals surface area contributed by atoms with Gasteiger partial charge in [-0.3, -0.25) is 9.20 Å². The van der Waals surface area contributed by atoms with Crippen molar-refractivity contribution in [3.63, 3.8) is 0 Å². The second kappa shape index (κ2) is 4.87. The summed E-state index contributed by atoms with van der Waals surface area (Å²) in [5, 5.41) is 4.46. The Morgan fingerprint density at radius 1 is 1.17 bits per heavy atom. The van der Waals surface area contributed by atoms with Gasteiger partial charge >= 0.3 is 5.69 Å². The maximum Gasteiger partial charge on any atom is 0.350 e. The number of fused-ring (bicyclic) bond motifs is 2. The number of hydrogen-bond donors (Lipinski definition) is 1. The first kappa shape index (κ1) is 13.4. The predicted octanol–water partition coefficient (Wildman–Crippen LogP) is 0.920. The molecule has 0 saturated heterocycles. The van der Waals surface area contributed by atoms with Gasteiger partial charge in [0.2, 0.25) is 0 Å². The van der Waals surface area contributed by atoms with Crippen LogP contribution in [0.4, 0.5) is 4.39 Å². The van der Waals surface area contributed by atoms with Gasteiger partial charge in [0.15, 0.2) is 5.65 Å². The molecule has 0 aliphatic heterocycles. The van der Waals surface area contributed by atoms with Crippen LogP contribution < -0.4 is 11.2 Å². The average molecular weight is 311 g/mol. The largest absolute Gasteiger partial charge is 0.350 e. The van der Waals surface area contributed by atoms with E-state index >= 15 is 0 Å². The molecule has 23 heavy (non-hydrogen) atoms. The molecule has 0 aliphatic carbocycles. The second-order valence-electron chi connectivity index (χ2n) is 5.04. The monoisotopic (exact) mass is 311 g/mol. The van der Waals surface area contributed by atoms with Crippen molar-refractivity contribution < 1.29 is 4.39 Å². The second-order valence-corrected chi connectivity index (χ2v) is 5.04. The summed E-state index contributed by atoms with van der Waals surface area (Å²) in [7, 11) is 0. The highest BCUT2D eigenvalue weighted by molar-refractivity contribution is 5.77. The molecule has 0 unspecified atom stereocenters. The van der Waals surface area contributed by atoms with Gasteiger partial charge in [0, 0.05) is 12.3 Å². The van der Waals surface area contributed by atoms with E-state index in [1.165, 1.54) is 27.3 Å². The molecular formula is C15H10FN5O2. The molecule has 0 radical (unpaired) electrons. The molecule has 1 N–H and O–H groups in total. The number of nitrogens with one attached hydrogen (secondary N) is 1. The molecule has 0 saturated carbocycles. The van der Waals surface area contributed by atoms with Crippen molar-refractivity contribution in [2.75, 3.05) is 0 Å². The average Bonchev–Trinajstić information content (AvgIpc) is 2.83. The van der Waals surface area contributed by atoms with Crippen molar-refractivity contribution in [2.24, 2.45) is 0 Å². The first-order chi connectivity index (χ1) is 11.1. The minimum atomic E-state index is -0.480. The van der Waals surface area contributed by atoms with E-state index in [0.717, 1.165) is 0 Å². The third-order valence-electron chi connectivity index (χ3n) is 3.51. The third-order valence-corrected chi connectivity index (χ3v) is 3.51. The number of aromatic nitrogens is 5. The summed E-state index contributed by atoms with van der Waals surface area (Å²) in [6.07, 6.45) is 1.60. The van der Waals surface area contributed by atoms with Crippen LogP contribution in [0.1, 0.15) is 5.82 Å². The normalized spacial score (nSPS) is 11.3. The molecule has 3 heterocycles. The lowest BCUT2D eigenvalue weighted by Crippen LogP contribution is -2.24. The highest BCUT2D eigenvalue weighted by Crippen LogP contribution is 2.09. The van der Waals surface area contributed by atoms with E-state index in [1.54, 1.807) is 24.4 Å². The Morgan fingerprint density at radius 2 is 2.04 bits per heavy atom. The molecule has 4 aromatic rings. The van der Waals surface area contributed by atoms with Crippen LogP contribution in [-0.4, -0.2) is 24.1 Å². The molecule has 0 aliphatic rings. The molecule has 0 fully saturated rings. The standard InChI is InChI=1S/C15H10FN5O2/c16-9-4-5-10-11(7-9)17-12(18-14(10)22)8-21-15(23)20-6-2-1-3-13(20)19-21/h1-7H,8H2,(H,17,18,22). The number of pyridine rings is 1. The zero-order valence-electron chi connectivity index (χ0n) is 11.7. The zero-order valence-corrected chi connectivity index (χ0v) is 11.7. The number of nitrogens with zero attached hydrogens (tertiary/aromatic N) is 4. The van der Waals surface area contributed by atoms with Crippen LogP contribution in [0, 0.1) is 5.82 Å². The number of halogens is 1. The number of aromatic amines is 1. The lowest BCUT2D eigenvalue weighted by Gasteiger charge is -2.02. The van der Waals surface area contributed by atoms with Gasteiger partial charge < -0.3 is 4.98 Å². The molecule has 4 rings (SSSR count). The Morgan fingerprint density at radius 3 is 2.87 bits per heavy atom. The fourth-order valence-corrected chi connectivity index (χ4v) is 2.45. The molecule has 114 valence electrons. The molecular weight excluding hydrogens is 301 g/mol. The zero-order chi connectivity index (χ0) is 16.0. The third kappa shape index (κ3) is 2.20. The van der Waals surface area contributed by atoms with Crippen LogP contribution in [0.15, 0.2) is 52.2 Å². The number of rotatable bonds is 2. The first-order valence-electron chi connectivity index (χ1n) is 6.84. The van der Waals surface area contributed by atoms with Gasteiger partial charge in [0.25, 0.3) is 5.56 Å². The summed E-state index contributed by atoms with van der Waals surface area (Å²) in [5.74, 6) is -0.245. The van der Waals surface area contributed by atoms with E-state index in [-0.39, 0.29) is 34.5 Å². The predicted molar refractivity (Wildman–Crippen MR) is 80.9 cm³/mol. The number of H-pyrrole nitrogens is 1. The van der Waals surface area contributed by atoms with Crippen LogP contribution >= 0.6 is 0 Å². The van der Waals surface area contributed by atoms with Crippen molar-refractivity contribution in [3.05, 3.63) is 75.1 Å². The van der Waals surface area contributed by atoms with Crippen LogP contribution in [-0.2, 0) is 6.54 Å². The van der Waals surface area contributed by atoms with Crippen LogP contribution in [0.3, 0.4) is 0 Å². The van der Waals surface area contributed by atoms with Gasteiger partial charge in [-0.1, -0.05) is 6.07 Å². The van der Waals surface area contributed by atoms with Crippen LogP contribution in [0.2, 0.25) is 0 Å². The molecule has 0 spiro atoms. The Labute approximate surface area is 127 Å². The Kier molecular flexibility index (Phi) is 2.83. The van der Waals surface area contributed by atoms with Gasteiger partial charge in [0.1, 0.15) is 18.2 Å². The quantitative estimate of drug-likeness (QED) is 0.596. The minimum absolute atomic E-state index is 0.0117. The van der Waals surface area contributed by atoms with E-state index in [2.05, 4.69) is 15.1 Å². The smallest absolute Gasteiger partial charge is 0.308 e. The lowest BCUT2D eigenvalue weighted by atomic mass is 10.2. The van der Waals surface area contributed by atoms with Crippen molar-refractivity contribution in [2.45, 2.75) is 6.54 Å². The Hall–Kier alpha value is -3.29. The fourth-order valence-electron chi connectivity index (χ4n) is 2.45. The van der Waals surface area contributed by atoms with E-state index in [4.69, 9.17) is 0 Å². The molecule has 1 aromatic carbocycles. The molecule has 8 heteroatoms. The summed E-state index contributed by atoms with van der Waals surface area (Å²) in [6, 6.07) is 8.94. The van der Waals surface area contributed by atoms with E-state index < -0.39 is 5.82 Å². The summed E-state index contributed by atoms with van der Waals surface area (Å²) in [5.41, 5.74) is -0.00311. The summed E-state index contributed by atoms with van der Waals surface area (Å²) in [4.78, 5) is 31.0. The van der Waals surface area contributed by atoms with Crippen molar-refractivity contribution >= 4 is 16.6 Å². The lowest BCUT2D eigenvalue weighted by molar-refractivity contribution is 0.625. The molecule has 3 aromatic heterocycles. The van der Waals surface area contributed by atoms with Crippen LogP contribution in [0.25, 0.3) is 16.6 Å². The topological polar surface area (TPSA) is 85.0 Å². The molecule has 0 bridgehead atoms. The fraction of sp³-hybridized carbons (Fsp3) is 0.0667. The molecule has 0 amide bonds. The van der Waals surface area contributed by atoms with Crippen molar-refractivity contribution in [1.82, 2.24) is 24.1 Å². The van der Waals surface area contributed by atoms with Gasteiger partial charge in [-0.2, -0.15) is 0 Å². The molecule has 0 atom stereocenters. The molecule has 7 nitrogen and oxygen atoms in total. The van der Waals surface area contributed by atoms with Gasteiger partial charge in [-0.05, 0) is 24.3 Å². The Balaban J connectivity index is 1.84. The highest BCUT2D eigenvalue weighted by Gasteiger charge is 2.10. The van der Waals surface area contributed by atoms with Gasteiger partial charge in [-0.25, -0.2) is 18.9 Å². The minimum Gasteiger partial charge on any atom is -0.308 e. The Bertz CT molecular complexity index is 1160. The van der Waals surface area contributed by atoms with Gasteiger partial charge in [-0.15, -0.1) is 5.10 Å². The summed E-state index contributed by atoms with van der Waals surface area (Å²) >= 11 is 0. The summed E-state index contributed by atoms with van der Waals surface area (Å²) in [6.45, 7) is -0.0117. The highest BCUT2D eigenvalue weighted by atomic mass is 19.1. The first-order valence-corrected chi connectivity index (χ1v) is 6.84. The van der Waals surface area contributed by atoms with E-state index in [9.17, 15) is 14.0 Å². The maximum absolute atomic E-state index is 13.3. The summed E-state index contributed by atoms with van der Waals surface area (Å²) < 4.78 is 15.9. The SMILES string of the molecule is O=c1[nH]c(Cn2nc3ccccn3c2=O)nc2cc(F)ccc12. The number of benzene rings is 1. The van der Waals surface area contributed by atoms with E-state index in [0.29, 0.717) is 5.65 Å². The van der Waals surface area contributed by atoms with E-state index in [1.807, 2.05) is 0 Å². The number of hydrogen-bond acceptors (Lipinski definition) is 4.